The van der Waals surface area contributed by atoms with Crippen LogP contribution in [0.1, 0.15) is 145 Å². The van der Waals surface area contributed by atoms with Crippen LogP contribution in [0.15, 0.2) is 0 Å². The summed E-state index contributed by atoms with van der Waals surface area (Å²) in [6, 6.07) is 0. The van der Waals surface area contributed by atoms with Gasteiger partial charge in [0.25, 0.3) is 0 Å². The van der Waals surface area contributed by atoms with E-state index in [1.165, 1.54) is 142 Å². The number of likely N-dealkylation sites (tertiary alicyclic amines) is 4. The Hall–Kier alpha value is -0.160. The first kappa shape index (κ1) is 41.0. The van der Waals surface area contributed by atoms with E-state index in [1.54, 1.807) is 0 Å². The van der Waals surface area contributed by atoms with Gasteiger partial charge in [-0.05, 0) is 213 Å². The minimum Gasteiger partial charge on any atom is -0.306 e. The largest absolute Gasteiger partial charge is 0.306 e. The Kier molecular flexibility index (Phi) is 13.7. The van der Waals surface area contributed by atoms with E-state index >= 15 is 0 Å². The third-order valence-electron chi connectivity index (χ3n) is 16.3. The van der Waals surface area contributed by atoms with Crippen LogP contribution in [0.3, 0.4) is 0 Å². The van der Waals surface area contributed by atoms with Crippen LogP contribution >= 0.6 is 0 Å². The van der Waals surface area contributed by atoms with Crippen molar-refractivity contribution in [2.24, 2.45) is 69.0 Å². The van der Waals surface area contributed by atoms with Gasteiger partial charge < -0.3 is 19.6 Å². The molecule has 8 aliphatic rings. The summed E-state index contributed by atoms with van der Waals surface area (Å²) in [5.41, 5.74) is 3.04. The third-order valence-corrected chi connectivity index (χ3v) is 16.3. The van der Waals surface area contributed by atoms with Crippen LogP contribution in [0.5, 0.6) is 0 Å². The molecule has 0 aromatic heterocycles. The SMILES string of the molecule is CC(C)C1CC2(CCCN(C)C2)C1.CC(C)C1CC2(CCCN(C)C2)C1.CC(C)C1CC2(CCN(C)C2)C1.CC(C)C1CC2(CCN(C)C2)C1. The van der Waals surface area contributed by atoms with E-state index in [0.29, 0.717) is 0 Å². The smallest absolute Gasteiger partial charge is 0.00356 e. The lowest BCUT2D eigenvalue weighted by atomic mass is 9.56. The van der Waals surface area contributed by atoms with Crippen molar-refractivity contribution in [3.05, 3.63) is 0 Å². The maximum Gasteiger partial charge on any atom is 0.00356 e. The maximum absolute atomic E-state index is 2.53. The average molecular weight is 697 g/mol. The first-order valence-electron chi connectivity index (χ1n) is 22.2. The van der Waals surface area contributed by atoms with Gasteiger partial charge in [-0.1, -0.05) is 55.4 Å². The van der Waals surface area contributed by atoms with Gasteiger partial charge in [0.2, 0.25) is 0 Å². The second-order valence-corrected chi connectivity index (χ2v) is 22.3. The minimum atomic E-state index is 0.752. The summed E-state index contributed by atoms with van der Waals surface area (Å²) in [7, 11) is 9.09. The average Bonchev–Trinajstić information content (AvgIpc) is 3.57. The van der Waals surface area contributed by atoms with Crippen LogP contribution in [0.25, 0.3) is 0 Å². The molecule has 4 spiro atoms. The molecule has 4 heteroatoms. The molecule has 50 heavy (non-hydrogen) atoms. The van der Waals surface area contributed by atoms with E-state index in [-0.39, 0.29) is 0 Å². The first-order chi connectivity index (χ1) is 23.5. The zero-order valence-electron chi connectivity index (χ0n) is 36.0. The van der Waals surface area contributed by atoms with Gasteiger partial charge in [0, 0.05) is 26.2 Å². The molecule has 0 aromatic rings. The van der Waals surface area contributed by atoms with Gasteiger partial charge in [-0.2, -0.15) is 0 Å². The Morgan fingerprint density at radius 1 is 0.340 bits per heavy atom. The molecule has 0 bridgehead atoms. The van der Waals surface area contributed by atoms with Crippen molar-refractivity contribution in [1.82, 2.24) is 19.6 Å². The second-order valence-electron chi connectivity index (χ2n) is 22.3. The topological polar surface area (TPSA) is 13.0 Å². The van der Waals surface area contributed by atoms with Gasteiger partial charge in [-0.3, -0.25) is 0 Å². The lowest BCUT2D eigenvalue weighted by Crippen LogP contribution is -2.50. The molecule has 0 atom stereocenters. The van der Waals surface area contributed by atoms with Crippen molar-refractivity contribution in [2.45, 2.75) is 145 Å². The van der Waals surface area contributed by atoms with Crippen LogP contribution < -0.4 is 0 Å². The molecule has 292 valence electrons. The van der Waals surface area contributed by atoms with Crippen molar-refractivity contribution >= 4 is 0 Å². The predicted molar refractivity (Wildman–Crippen MR) is 218 cm³/mol. The second kappa shape index (κ2) is 16.7. The van der Waals surface area contributed by atoms with Crippen LogP contribution in [-0.4, -0.2) is 100 Å². The monoisotopic (exact) mass is 697 g/mol. The molecule has 0 radical (unpaired) electrons. The highest BCUT2D eigenvalue weighted by molar-refractivity contribution is 5.02. The van der Waals surface area contributed by atoms with Gasteiger partial charge in [0.15, 0.2) is 0 Å². The number of piperidine rings is 2. The normalized spacial score (nSPS) is 41.8. The highest BCUT2D eigenvalue weighted by Crippen LogP contribution is 2.56. The quantitative estimate of drug-likeness (QED) is 0.290. The van der Waals surface area contributed by atoms with Crippen LogP contribution in [-0.2, 0) is 0 Å². The molecule has 4 nitrogen and oxygen atoms in total. The molecule has 0 N–H and O–H groups in total. The van der Waals surface area contributed by atoms with Crippen molar-refractivity contribution < 1.29 is 0 Å². The third kappa shape index (κ3) is 10.1. The van der Waals surface area contributed by atoms with E-state index in [1.807, 2.05) is 0 Å². The summed E-state index contributed by atoms with van der Waals surface area (Å²) in [5.74, 6) is 7.81. The zero-order chi connectivity index (χ0) is 36.5. The fourth-order valence-corrected chi connectivity index (χ4v) is 12.7. The number of rotatable bonds is 4. The summed E-state index contributed by atoms with van der Waals surface area (Å²) in [6.45, 7) is 29.8. The Labute approximate surface area is 313 Å². The lowest BCUT2D eigenvalue weighted by Gasteiger charge is -2.54. The van der Waals surface area contributed by atoms with Gasteiger partial charge in [-0.15, -0.1) is 0 Å². The van der Waals surface area contributed by atoms with E-state index in [9.17, 15) is 0 Å². The van der Waals surface area contributed by atoms with Gasteiger partial charge in [0.05, 0.1) is 0 Å². The standard InChI is InChI=1S/2C12H23N.2C11H21N/c2*1-10(2)11-7-12(8-11)5-4-6-13(3)9-12;2*1-9(2)10-6-11(7-10)4-5-12(3)8-11/h2*10-11H,4-9H2,1-3H3;2*9-10H,4-8H2,1-3H3. The predicted octanol–water partition coefficient (Wildman–Crippen LogP) is 10.3. The number of nitrogens with zero attached hydrogens (tertiary/aromatic N) is 4. The summed E-state index contributed by atoms with van der Waals surface area (Å²) < 4.78 is 0. The Morgan fingerprint density at radius 2 is 0.560 bits per heavy atom. The first-order valence-corrected chi connectivity index (χ1v) is 22.2. The summed E-state index contributed by atoms with van der Waals surface area (Å²) in [5, 5.41) is 0. The summed E-state index contributed by atoms with van der Waals surface area (Å²) >= 11 is 0. The molecule has 0 unspecified atom stereocenters. The number of hydrogen-bond acceptors (Lipinski definition) is 4. The van der Waals surface area contributed by atoms with Crippen molar-refractivity contribution in [2.75, 3.05) is 80.5 Å². The van der Waals surface area contributed by atoms with Crippen LogP contribution in [0.2, 0.25) is 0 Å². The van der Waals surface area contributed by atoms with Crippen molar-refractivity contribution in [3.63, 3.8) is 0 Å². The van der Waals surface area contributed by atoms with E-state index in [2.05, 4.69) is 103 Å². The highest BCUT2D eigenvalue weighted by atomic mass is 15.1. The molecule has 4 heterocycles. The van der Waals surface area contributed by atoms with Crippen molar-refractivity contribution in [1.29, 1.82) is 0 Å². The molecule has 4 aliphatic heterocycles. The molecule has 8 fully saturated rings. The Morgan fingerprint density at radius 3 is 0.760 bits per heavy atom. The number of hydrogen-bond donors (Lipinski definition) is 0. The van der Waals surface area contributed by atoms with Crippen LogP contribution in [0.4, 0.5) is 0 Å². The summed E-state index contributed by atoms with van der Waals surface area (Å²) in [6.07, 6.45) is 20.9. The molecule has 4 saturated carbocycles. The van der Waals surface area contributed by atoms with E-state index < -0.39 is 0 Å². The molecule has 0 amide bonds. The van der Waals surface area contributed by atoms with Crippen molar-refractivity contribution in [3.8, 4) is 0 Å². The Balaban J connectivity index is 0.000000130. The van der Waals surface area contributed by atoms with E-state index in [4.69, 9.17) is 0 Å². The highest BCUT2D eigenvalue weighted by Gasteiger charge is 2.50. The molecule has 0 aromatic carbocycles. The Bertz CT molecular complexity index is 941. The van der Waals surface area contributed by atoms with Crippen LogP contribution in [0, 0.1) is 69.0 Å². The van der Waals surface area contributed by atoms with Gasteiger partial charge in [-0.25, -0.2) is 0 Å². The van der Waals surface area contributed by atoms with E-state index in [0.717, 1.165) is 69.0 Å². The molecule has 4 aliphatic carbocycles. The zero-order valence-corrected chi connectivity index (χ0v) is 36.0. The molecule has 8 rings (SSSR count). The molecular formula is C46H88N4. The minimum absolute atomic E-state index is 0.752. The summed E-state index contributed by atoms with van der Waals surface area (Å²) in [4.78, 5) is 10.0. The molecule has 4 saturated heterocycles. The van der Waals surface area contributed by atoms with Gasteiger partial charge in [0.1, 0.15) is 0 Å². The van der Waals surface area contributed by atoms with Gasteiger partial charge >= 0.3 is 0 Å². The lowest BCUT2D eigenvalue weighted by molar-refractivity contribution is -0.0326. The maximum atomic E-state index is 2.53. The fourth-order valence-electron chi connectivity index (χ4n) is 12.7. The molecular weight excluding hydrogens is 609 g/mol. The fraction of sp³-hybridized carbons (Fsp3) is 1.00.